The number of carboxylic acid groups (broad SMARTS) is 1. The van der Waals surface area contributed by atoms with Gasteiger partial charge in [-0.2, -0.15) is 0 Å². The Bertz CT molecular complexity index is 777. The van der Waals surface area contributed by atoms with Crippen molar-refractivity contribution in [2.75, 3.05) is 13.7 Å². The van der Waals surface area contributed by atoms with E-state index in [2.05, 4.69) is 0 Å². The average molecular weight is 325 g/mol. The van der Waals surface area contributed by atoms with Gasteiger partial charge in [-0.25, -0.2) is 0 Å². The summed E-state index contributed by atoms with van der Waals surface area (Å²) < 4.78 is 10.2. The summed E-state index contributed by atoms with van der Waals surface area (Å²) >= 11 is 0. The van der Waals surface area contributed by atoms with E-state index in [1.807, 2.05) is 31.2 Å². The Balaban J connectivity index is 2.16. The second-order valence-electron chi connectivity index (χ2n) is 5.14. The van der Waals surface area contributed by atoms with Crippen LogP contribution in [-0.2, 0) is 4.79 Å². The molecule has 0 spiro atoms. The van der Waals surface area contributed by atoms with E-state index in [0.29, 0.717) is 5.56 Å². The van der Waals surface area contributed by atoms with Crippen molar-refractivity contribution in [3.05, 3.63) is 65.2 Å². The van der Waals surface area contributed by atoms with Crippen LogP contribution in [0, 0.1) is 6.92 Å². The molecule has 124 valence electrons. The van der Waals surface area contributed by atoms with Gasteiger partial charge in [-0.15, -0.1) is 0 Å². The molecule has 5 heteroatoms. The lowest BCUT2D eigenvalue weighted by Gasteiger charge is -2.11. The first-order chi connectivity index (χ1) is 11.5. The third kappa shape index (κ3) is 4.71. The fourth-order valence-electron chi connectivity index (χ4n) is 2.12. The molecule has 0 unspecified atom stereocenters. The van der Waals surface area contributed by atoms with Gasteiger partial charge in [0.05, 0.1) is 13.1 Å². The number of carbonyl (C=O) groups is 2. The second-order valence-corrected chi connectivity index (χ2v) is 5.14. The average Bonchev–Trinajstić information content (AvgIpc) is 2.57. The van der Waals surface area contributed by atoms with Gasteiger partial charge in [0.2, 0.25) is 0 Å². The molecule has 0 amide bonds. The van der Waals surface area contributed by atoms with E-state index in [-0.39, 0.29) is 17.3 Å². The van der Waals surface area contributed by atoms with Crippen LogP contribution in [0.5, 0.6) is 11.5 Å². The summed E-state index contributed by atoms with van der Waals surface area (Å²) in [5.41, 5.74) is 2.46. The van der Waals surface area contributed by atoms with Crippen molar-refractivity contribution in [2.24, 2.45) is 0 Å². The molecule has 0 bridgehead atoms. The number of methoxy groups -OCH3 is 1. The molecule has 24 heavy (non-hydrogen) atoms. The van der Waals surface area contributed by atoms with Crippen molar-refractivity contribution in [3.8, 4) is 11.5 Å². The van der Waals surface area contributed by atoms with E-state index in [9.17, 15) is 14.7 Å². The first kappa shape index (κ1) is 17.3. The normalized spacial score (nSPS) is 10.6. The number of ketones is 1. The van der Waals surface area contributed by atoms with Gasteiger partial charge in [-0.1, -0.05) is 35.9 Å². The van der Waals surface area contributed by atoms with Gasteiger partial charge in [-0.05, 0) is 36.8 Å². The molecule has 0 aliphatic carbocycles. The molecule has 0 heterocycles. The van der Waals surface area contributed by atoms with Gasteiger partial charge >= 0.3 is 0 Å². The van der Waals surface area contributed by atoms with Crippen molar-refractivity contribution in [1.29, 1.82) is 0 Å². The van der Waals surface area contributed by atoms with Gasteiger partial charge < -0.3 is 19.4 Å². The van der Waals surface area contributed by atoms with Gasteiger partial charge in [0.1, 0.15) is 6.61 Å². The van der Waals surface area contributed by atoms with Crippen molar-refractivity contribution in [1.82, 2.24) is 0 Å². The predicted molar refractivity (Wildman–Crippen MR) is 88.0 cm³/mol. The summed E-state index contributed by atoms with van der Waals surface area (Å²) in [6.45, 7) is 1.40. The number of hydrogen-bond acceptors (Lipinski definition) is 5. The third-order valence-corrected chi connectivity index (χ3v) is 3.26. The number of carboxylic acids is 1. The number of allylic oxidation sites excluding steroid dienone is 1. The minimum Gasteiger partial charge on any atom is -0.546 e. The zero-order chi connectivity index (χ0) is 17.5. The molecule has 0 atom stereocenters. The molecule has 2 rings (SSSR count). The molecule has 0 N–H and O–H groups in total. The quantitative estimate of drug-likeness (QED) is 0.575. The SMILES string of the molecule is COc1cc(C(=O)/C=C/c2cccc(C)c2)ccc1OCC(=O)[O-]. The number of rotatable bonds is 7. The van der Waals surface area contributed by atoms with Crippen molar-refractivity contribution in [3.63, 3.8) is 0 Å². The van der Waals surface area contributed by atoms with Gasteiger partial charge in [0.15, 0.2) is 17.3 Å². The molecule has 0 aliphatic rings. The summed E-state index contributed by atoms with van der Waals surface area (Å²) in [4.78, 5) is 22.7. The lowest BCUT2D eigenvalue weighted by Crippen LogP contribution is -2.29. The number of aliphatic carboxylic acids is 1. The summed E-state index contributed by atoms with van der Waals surface area (Å²) in [5, 5.41) is 10.5. The summed E-state index contributed by atoms with van der Waals surface area (Å²) in [5.74, 6) is -1.01. The molecule has 0 aliphatic heterocycles. The van der Waals surface area contributed by atoms with E-state index in [4.69, 9.17) is 9.47 Å². The topological polar surface area (TPSA) is 75.7 Å². The monoisotopic (exact) mass is 325 g/mol. The Hall–Kier alpha value is -3.08. The van der Waals surface area contributed by atoms with Crippen LogP contribution in [-0.4, -0.2) is 25.5 Å². The van der Waals surface area contributed by atoms with Crippen molar-refractivity contribution < 1.29 is 24.2 Å². The highest BCUT2D eigenvalue weighted by Crippen LogP contribution is 2.28. The standard InChI is InChI=1S/C19H18O5/c1-13-4-3-5-14(10-13)6-8-16(20)15-7-9-17(18(11-15)23-2)24-12-19(21)22/h3-11H,12H2,1-2H3,(H,21,22)/p-1/b8-6+. The second kappa shape index (κ2) is 7.97. The number of ether oxygens (including phenoxy) is 2. The van der Waals surface area contributed by atoms with Gasteiger partial charge in [-0.3, -0.25) is 4.79 Å². The molecule has 0 saturated carbocycles. The van der Waals surface area contributed by atoms with Crippen LogP contribution in [0.2, 0.25) is 0 Å². The van der Waals surface area contributed by atoms with Crippen LogP contribution in [0.4, 0.5) is 0 Å². The minimum atomic E-state index is -1.33. The number of aryl methyl sites for hydroxylation is 1. The van der Waals surface area contributed by atoms with Crippen LogP contribution in [0.25, 0.3) is 6.08 Å². The summed E-state index contributed by atoms with van der Waals surface area (Å²) in [6, 6.07) is 12.3. The van der Waals surface area contributed by atoms with E-state index in [0.717, 1.165) is 11.1 Å². The Morgan fingerprint density at radius 3 is 2.58 bits per heavy atom. The van der Waals surface area contributed by atoms with E-state index >= 15 is 0 Å². The Labute approximate surface area is 140 Å². The maximum absolute atomic E-state index is 12.3. The zero-order valence-electron chi connectivity index (χ0n) is 13.4. The fourth-order valence-corrected chi connectivity index (χ4v) is 2.12. The molecule has 2 aromatic carbocycles. The maximum atomic E-state index is 12.3. The van der Waals surface area contributed by atoms with Crippen molar-refractivity contribution >= 4 is 17.8 Å². The zero-order valence-corrected chi connectivity index (χ0v) is 13.4. The molecule has 5 nitrogen and oxygen atoms in total. The minimum absolute atomic E-state index is 0.193. The molecule has 2 aromatic rings. The summed E-state index contributed by atoms with van der Waals surface area (Å²) in [7, 11) is 1.41. The molecular formula is C19H17O5-. The fraction of sp³-hybridized carbons (Fsp3) is 0.158. The van der Waals surface area contributed by atoms with Crippen LogP contribution in [0.15, 0.2) is 48.5 Å². The Kier molecular flexibility index (Phi) is 5.73. The Morgan fingerprint density at radius 1 is 1.12 bits per heavy atom. The summed E-state index contributed by atoms with van der Waals surface area (Å²) in [6.07, 6.45) is 3.22. The number of benzene rings is 2. The van der Waals surface area contributed by atoms with Crippen LogP contribution >= 0.6 is 0 Å². The third-order valence-electron chi connectivity index (χ3n) is 3.26. The van der Waals surface area contributed by atoms with E-state index in [1.54, 1.807) is 12.1 Å². The number of hydrogen-bond donors (Lipinski definition) is 0. The van der Waals surface area contributed by atoms with Crippen molar-refractivity contribution in [2.45, 2.75) is 6.92 Å². The highest BCUT2D eigenvalue weighted by molar-refractivity contribution is 6.07. The van der Waals surface area contributed by atoms with Crippen LogP contribution in [0.1, 0.15) is 21.5 Å². The lowest BCUT2D eigenvalue weighted by atomic mass is 10.1. The molecular weight excluding hydrogens is 308 g/mol. The van der Waals surface area contributed by atoms with Crippen LogP contribution in [0.3, 0.4) is 0 Å². The predicted octanol–water partition coefficient (Wildman–Crippen LogP) is 2.03. The first-order valence-electron chi connectivity index (χ1n) is 7.29. The smallest absolute Gasteiger partial charge is 0.185 e. The van der Waals surface area contributed by atoms with E-state index in [1.165, 1.54) is 25.3 Å². The maximum Gasteiger partial charge on any atom is 0.185 e. The van der Waals surface area contributed by atoms with Crippen LogP contribution < -0.4 is 14.6 Å². The first-order valence-corrected chi connectivity index (χ1v) is 7.29. The number of carbonyl (C=O) groups excluding carboxylic acids is 2. The largest absolute Gasteiger partial charge is 0.546 e. The molecule has 0 aromatic heterocycles. The van der Waals surface area contributed by atoms with Gasteiger partial charge in [0.25, 0.3) is 0 Å². The van der Waals surface area contributed by atoms with Gasteiger partial charge in [0, 0.05) is 5.56 Å². The highest BCUT2D eigenvalue weighted by atomic mass is 16.5. The molecule has 0 radical (unpaired) electrons. The van der Waals surface area contributed by atoms with E-state index < -0.39 is 12.6 Å². The molecule has 0 saturated heterocycles. The Morgan fingerprint density at radius 2 is 1.92 bits per heavy atom. The molecule has 0 fully saturated rings. The highest BCUT2D eigenvalue weighted by Gasteiger charge is 2.09. The lowest BCUT2D eigenvalue weighted by molar-refractivity contribution is -0.307.